The average Bonchev–Trinajstić information content (AvgIpc) is 2.48. The molecule has 15 heavy (non-hydrogen) atoms. The van der Waals surface area contributed by atoms with Gasteiger partial charge in [0.1, 0.15) is 0 Å². The summed E-state index contributed by atoms with van der Waals surface area (Å²) in [6.07, 6.45) is 0. The predicted octanol–water partition coefficient (Wildman–Crippen LogP) is 2.90. The largest absolute Gasteiger partial charge is 0.228 e. The second kappa shape index (κ2) is 4.18. The maximum Gasteiger partial charge on any atom is 0.158 e. The second-order valence-corrected chi connectivity index (χ2v) is 6.88. The summed E-state index contributed by atoms with van der Waals surface area (Å²) in [4.78, 5) is 0. The minimum atomic E-state index is -2.89. The van der Waals surface area contributed by atoms with Gasteiger partial charge in [-0.2, -0.15) is 0 Å². The molecule has 2 rings (SSSR count). The Hall–Kier alpha value is 0.130. The van der Waals surface area contributed by atoms with Crippen LogP contribution in [0.5, 0.6) is 0 Å². The number of sulfone groups is 1. The zero-order valence-corrected chi connectivity index (χ0v) is 12.0. The monoisotopic (exact) mass is 352 g/mol. The van der Waals surface area contributed by atoms with Crippen LogP contribution in [0.3, 0.4) is 0 Å². The molecule has 0 amide bonds. The average molecular weight is 354 g/mol. The van der Waals surface area contributed by atoms with E-state index in [4.69, 9.17) is 0 Å². The molecular formula is C10H10Br2O2S. The Balaban J connectivity index is 2.53. The fraction of sp³-hybridized carbons (Fsp3) is 0.400. The van der Waals surface area contributed by atoms with Crippen LogP contribution in [-0.4, -0.2) is 8.42 Å². The number of halogens is 2. The Morgan fingerprint density at radius 1 is 1.00 bits per heavy atom. The van der Waals surface area contributed by atoms with Gasteiger partial charge in [0.15, 0.2) is 9.84 Å². The van der Waals surface area contributed by atoms with Crippen molar-refractivity contribution in [1.29, 1.82) is 0 Å². The summed E-state index contributed by atoms with van der Waals surface area (Å²) in [6.45, 7) is 0. The lowest BCUT2D eigenvalue weighted by atomic mass is 10.0. The molecule has 0 saturated heterocycles. The Morgan fingerprint density at radius 3 is 1.73 bits per heavy atom. The van der Waals surface area contributed by atoms with Gasteiger partial charge >= 0.3 is 0 Å². The highest BCUT2D eigenvalue weighted by atomic mass is 79.9. The Labute approximate surface area is 106 Å². The molecule has 0 unspecified atom stereocenters. The predicted molar refractivity (Wildman–Crippen MR) is 68.0 cm³/mol. The zero-order valence-electron chi connectivity index (χ0n) is 7.96. The molecule has 1 aromatic rings. The first-order valence-electron chi connectivity index (χ1n) is 4.51. The van der Waals surface area contributed by atoms with E-state index in [2.05, 4.69) is 31.9 Å². The van der Waals surface area contributed by atoms with Crippen molar-refractivity contribution in [3.05, 3.63) is 34.4 Å². The molecule has 82 valence electrons. The third-order valence-electron chi connectivity index (χ3n) is 2.56. The van der Waals surface area contributed by atoms with Crippen molar-refractivity contribution in [3.8, 4) is 0 Å². The molecule has 1 aliphatic rings. The molecule has 0 bridgehead atoms. The second-order valence-electron chi connectivity index (χ2n) is 3.69. The number of hydrogen-bond acceptors (Lipinski definition) is 2. The number of hydrogen-bond donors (Lipinski definition) is 0. The van der Waals surface area contributed by atoms with Crippen molar-refractivity contribution >= 4 is 41.7 Å². The molecule has 1 aliphatic heterocycles. The highest BCUT2D eigenvalue weighted by Crippen LogP contribution is 2.29. The molecule has 0 spiro atoms. The van der Waals surface area contributed by atoms with Crippen LogP contribution in [0.25, 0.3) is 0 Å². The van der Waals surface area contributed by atoms with Crippen LogP contribution >= 0.6 is 31.9 Å². The lowest BCUT2D eigenvalue weighted by molar-refractivity contribution is 0.598. The molecule has 1 aromatic carbocycles. The van der Waals surface area contributed by atoms with E-state index < -0.39 is 9.84 Å². The van der Waals surface area contributed by atoms with Gasteiger partial charge in [-0.1, -0.05) is 44.0 Å². The third-order valence-corrected chi connectivity index (χ3v) is 5.27. The fourth-order valence-corrected chi connectivity index (χ4v) is 4.47. The van der Waals surface area contributed by atoms with Gasteiger partial charge in [0, 0.05) is 10.7 Å². The van der Waals surface area contributed by atoms with Crippen LogP contribution in [0.15, 0.2) is 12.1 Å². The van der Waals surface area contributed by atoms with Gasteiger partial charge in [0.2, 0.25) is 0 Å². The molecule has 1 heterocycles. The number of alkyl halides is 2. The zero-order chi connectivity index (χ0) is 11.1. The van der Waals surface area contributed by atoms with Gasteiger partial charge in [-0.25, -0.2) is 8.42 Å². The molecular weight excluding hydrogens is 344 g/mol. The molecule has 0 fully saturated rings. The molecule has 2 nitrogen and oxygen atoms in total. The summed E-state index contributed by atoms with van der Waals surface area (Å²) in [7, 11) is -2.89. The van der Waals surface area contributed by atoms with Crippen molar-refractivity contribution in [3.63, 3.8) is 0 Å². The molecule has 0 radical (unpaired) electrons. The standard InChI is InChI=1S/C10H10Br2O2S/c11-3-7-1-9-5-15(13,14)6-10(9)2-8(7)4-12/h1-2H,3-6H2. The summed E-state index contributed by atoms with van der Waals surface area (Å²) in [5, 5.41) is 1.53. The molecule has 0 atom stereocenters. The highest BCUT2D eigenvalue weighted by molar-refractivity contribution is 9.09. The normalized spacial score (nSPS) is 17.7. The van der Waals surface area contributed by atoms with Gasteiger partial charge < -0.3 is 0 Å². The van der Waals surface area contributed by atoms with E-state index in [-0.39, 0.29) is 11.5 Å². The lowest BCUT2D eigenvalue weighted by Gasteiger charge is -2.07. The summed E-state index contributed by atoms with van der Waals surface area (Å²) >= 11 is 6.83. The van der Waals surface area contributed by atoms with Crippen LogP contribution in [0.2, 0.25) is 0 Å². The van der Waals surface area contributed by atoms with Gasteiger partial charge in [0.25, 0.3) is 0 Å². The van der Waals surface area contributed by atoms with Gasteiger partial charge in [-0.05, 0) is 22.3 Å². The Morgan fingerprint density at radius 2 is 1.40 bits per heavy atom. The number of benzene rings is 1. The Bertz CT molecular complexity index is 455. The topological polar surface area (TPSA) is 34.1 Å². The van der Waals surface area contributed by atoms with Crippen molar-refractivity contribution in [2.24, 2.45) is 0 Å². The summed E-state index contributed by atoms with van der Waals surface area (Å²) < 4.78 is 22.9. The number of fused-ring (bicyclic) bond motifs is 1. The molecule has 5 heteroatoms. The van der Waals surface area contributed by atoms with E-state index in [1.54, 1.807) is 0 Å². The highest BCUT2D eigenvalue weighted by Gasteiger charge is 2.25. The van der Waals surface area contributed by atoms with Crippen LogP contribution in [0.1, 0.15) is 22.3 Å². The summed E-state index contributed by atoms with van der Waals surface area (Å²) in [5.74, 6) is 0.399. The number of rotatable bonds is 2. The Kier molecular flexibility index (Phi) is 3.24. The van der Waals surface area contributed by atoms with Gasteiger partial charge in [0.05, 0.1) is 11.5 Å². The first-order valence-corrected chi connectivity index (χ1v) is 8.58. The van der Waals surface area contributed by atoms with E-state index in [1.165, 1.54) is 11.1 Å². The third kappa shape index (κ3) is 2.29. The van der Waals surface area contributed by atoms with Crippen LogP contribution in [0, 0.1) is 0 Å². The van der Waals surface area contributed by atoms with Crippen LogP contribution < -0.4 is 0 Å². The molecule has 0 aliphatic carbocycles. The van der Waals surface area contributed by atoms with E-state index in [1.807, 2.05) is 12.1 Å². The maximum atomic E-state index is 11.5. The summed E-state index contributed by atoms with van der Waals surface area (Å²) in [6, 6.07) is 4.01. The molecule has 0 saturated carbocycles. The van der Waals surface area contributed by atoms with E-state index in [9.17, 15) is 8.42 Å². The summed E-state index contributed by atoms with van der Waals surface area (Å²) in [5.41, 5.74) is 4.27. The van der Waals surface area contributed by atoms with Crippen molar-refractivity contribution in [2.75, 3.05) is 0 Å². The van der Waals surface area contributed by atoms with Gasteiger partial charge in [-0.3, -0.25) is 0 Å². The molecule has 0 aromatic heterocycles. The quantitative estimate of drug-likeness (QED) is 0.766. The van der Waals surface area contributed by atoms with E-state index in [0.29, 0.717) is 0 Å². The van der Waals surface area contributed by atoms with Crippen LogP contribution in [-0.2, 0) is 32.0 Å². The lowest BCUT2D eigenvalue weighted by Crippen LogP contribution is -1.95. The fourth-order valence-electron chi connectivity index (χ4n) is 1.83. The minimum absolute atomic E-state index is 0.199. The van der Waals surface area contributed by atoms with Crippen LogP contribution in [0.4, 0.5) is 0 Å². The van der Waals surface area contributed by atoms with E-state index >= 15 is 0 Å². The van der Waals surface area contributed by atoms with Crippen molar-refractivity contribution < 1.29 is 8.42 Å². The minimum Gasteiger partial charge on any atom is -0.228 e. The van der Waals surface area contributed by atoms with E-state index in [0.717, 1.165) is 21.8 Å². The maximum absolute atomic E-state index is 11.5. The first kappa shape index (κ1) is 11.6. The van der Waals surface area contributed by atoms with Gasteiger partial charge in [-0.15, -0.1) is 0 Å². The first-order chi connectivity index (χ1) is 7.05. The van der Waals surface area contributed by atoms with Crippen molar-refractivity contribution in [1.82, 2.24) is 0 Å². The smallest absolute Gasteiger partial charge is 0.158 e. The SMILES string of the molecule is O=S1(=O)Cc2cc(CBr)c(CBr)cc2C1. The van der Waals surface area contributed by atoms with Crippen molar-refractivity contribution in [2.45, 2.75) is 22.2 Å². The molecule has 0 N–H and O–H groups in total.